The van der Waals surface area contributed by atoms with E-state index in [1.54, 1.807) is 0 Å². The molecule has 0 radical (unpaired) electrons. The van der Waals surface area contributed by atoms with Crippen molar-refractivity contribution >= 4 is 11.8 Å². The molecule has 0 saturated carbocycles. The summed E-state index contributed by atoms with van der Waals surface area (Å²) >= 11 is 0. The number of hydrogen-bond acceptors (Lipinski definition) is 2. The van der Waals surface area contributed by atoms with Gasteiger partial charge in [0.15, 0.2) is 0 Å². The van der Waals surface area contributed by atoms with Crippen molar-refractivity contribution in [3.63, 3.8) is 0 Å². The molecule has 1 N–H and O–H groups in total. The van der Waals surface area contributed by atoms with E-state index < -0.39 is 0 Å². The summed E-state index contributed by atoms with van der Waals surface area (Å²) in [7, 11) is 0. The third kappa shape index (κ3) is 3.77. The fourth-order valence-corrected chi connectivity index (χ4v) is 4.20. The number of aryl methyl sites for hydroxylation is 2. The predicted molar refractivity (Wildman–Crippen MR) is 107 cm³/mol. The molecule has 1 fully saturated rings. The van der Waals surface area contributed by atoms with Crippen molar-refractivity contribution in [1.82, 2.24) is 14.8 Å². The summed E-state index contributed by atoms with van der Waals surface area (Å²) in [6, 6.07) is 10.3. The van der Waals surface area contributed by atoms with Gasteiger partial charge in [0.25, 0.3) is 5.91 Å². The van der Waals surface area contributed by atoms with Gasteiger partial charge >= 0.3 is 0 Å². The fraction of sp³-hybridized carbons (Fsp3) is 0.455. The van der Waals surface area contributed by atoms with Crippen molar-refractivity contribution in [2.75, 3.05) is 13.1 Å². The van der Waals surface area contributed by atoms with Crippen molar-refractivity contribution in [2.45, 2.75) is 53.1 Å². The Hall–Kier alpha value is -2.56. The predicted octanol–water partition coefficient (Wildman–Crippen LogP) is 3.18. The molecule has 0 bridgehead atoms. The van der Waals surface area contributed by atoms with Crippen molar-refractivity contribution in [2.24, 2.45) is 0 Å². The summed E-state index contributed by atoms with van der Waals surface area (Å²) < 4.78 is 2.16. The quantitative estimate of drug-likeness (QED) is 0.902. The summed E-state index contributed by atoms with van der Waals surface area (Å²) in [5.74, 6) is 0.0939. The van der Waals surface area contributed by atoms with Crippen molar-refractivity contribution < 1.29 is 9.59 Å². The summed E-state index contributed by atoms with van der Waals surface area (Å²) in [6.07, 6.45) is 0. The first-order valence-corrected chi connectivity index (χ1v) is 9.61. The zero-order chi connectivity index (χ0) is 19.7. The highest BCUT2D eigenvalue weighted by atomic mass is 16.2. The third-order valence-corrected chi connectivity index (χ3v) is 5.62. The van der Waals surface area contributed by atoms with E-state index in [2.05, 4.69) is 48.0 Å². The maximum atomic E-state index is 13.2. The van der Waals surface area contributed by atoms with E-state index in [0.717, 1.165) is 29.1 Å². The molecule has 1 aliphatic rings. The molecule has 0 aliphatic carbocycles. The van der Waals surface area contributed by atoms with E-state index >= 15 is 0 Å². The average Bonchev–Trinajstić information content (AvgIpc) is 3.15. The Kier molecular flexibility index (Phi) is 5.40. The van der Waals surface area contributed by atoms with Gasteiger partial charge in [-0.1, -0.05) is 29.8 Å². The lowest BCUT2D eigenvalue weighted by Crippen LogP contribution is -2.39. The number of aromatic nitrogens is 1. The number of hydrogen-bond donors (Lipinski definition) is 1. The van der Waals surface area contributed by atoms with Crippen molar-refractivity contribution in [1.29, 1.82) is 0 Å². The Morgan fingerprint density at radius 1 is 1.11 bits per heavy atom. The molecule has 1 aromatic heterocycles. The van der Waals surface area contributed by atoms with E-state index in [1.807, 2.05) is 24.8 Å². The second kappa shape index (κ2) is 7.59. The molecule has 2 heterocycles. The monoisotopic (exact) mass is 367 g/mol. The second-order valence-corrected chi connectivity index (χ2v) is 7.56. The number of nitrogens with one attached hydrogen (secondary N) is 1. The lowest BCUT2D eigenvalue weighted by molar-refractivity contribution is -0.119. The van der Waals surface area contributed by atoms with Crippen LogP contribution in [0.1, 0.15) is 52.6 Å². The van der Waals surface area contributed by atoms with Gasteiger partial charge in [-0.2, -0.15) is 0 Å². The van der Waals surface area contributed by atoms with Crippen LogP contribution in [0.15, 0.2) is 30.3 Å². The van der Waals surface area contributed by atoms with Gasteiger partial charge in [-0.15, -0.1) is 0 Å². The van der Waals surface area contributed by atoms with E-state index in [-0.39, 0.29) is 23.8 Å². The highest BCUT2D eigenvalue weighted by Gasteiger charge is 2.37. The van der Waals surface area contributed by atoms with Gasteiger partial charge in [0.05, 0.1) is 11.6 Å². The van der Waals surface area contributed by atoms with Crippen molar-refractivity contribution in [3.8, 4) is 0 Å². The Morgan fingerprint density at radius 2 is 1.78 bits per heavy atom. The molecular weight excluding hydrogens is 338 g/mol. The molecule has 2 aromatic rings. The minimum Gasteiger partial charge on any atom is -0.351 e. The van der Waals surface area contributed by atoms with Crippen LogP contribution in [0.4, 0.5) is 0 Å². The van der Waals surface area contributed by atoms with E-state index in [4.69, 9.17) is 0 Å². The van der Waals surface area contributed by atoms with Crippen LogP contribution < -0.4 is 5.32 Å². The molecule has 1 aliphatic heterocycles. The van der Waals surface area contributed by atoms with Crippen molar-refractivity contribution in [3.05, 3.63) is 58.4 Å². The summed E-state index contributed by atoms with van der Waals surface area (Å²) in [5, 5.41) is 3.05. The first kappa shape index (κ1) is 19.2. The van der Waals surface area contributed by atoms with Gasteiger partial charge in [0, 0.05) is 43.9 Å². The normalized spacial score (nSPS) is 19.4. The van der Waals surface area contributed by atoms with E-state index in [9.17, 15) is 9.59 Å². The number of nitrogens with zero attached hydrogens (tertiary/aromatic N) is 2. The minimum atomic E-state index is -0.0659. The summed E-state index contributed by atoms with van der Waals surface area (Å²) in [4.78, 5) is 26.8. The molecule has 0 unspecified atom stereocenters. The van der Waals surface area contributed by atoms with Gasteiger partial charge < -0.3 is 14.8 Å². The molecule has 5 nitrogen and oxygen atoms in total. The molecule has 144 valence electrons. The van der Waals surface area contributed by atoms with Gasteiger partial charge in [-0.05, 0) is 39.3 Å². The highest BCUT2D eigenvalue weighted by molar-refractivity contribution is 5.96. The van der Waals surface area contributed by atoms with E-state index in [0.29, 0.717) is 13.1 Å². The Balaban J connectivity index is 1.87. The maximum Gasteiger partial charge on any atom is 0.255 e. The van der Waals surface area contributed by atoms with E-state index in [1.165, 1.54) is 12.5 Å². The third-order valence-electron chi connectivity index (χ3n) is 5.62. The zero-order valence-electron chi connectivity index (χ0n) is 16.9. The number of carbonyl (C=O) groups excluding carboxylic acids is 2. The number of likely N-dealkylation sites (tertiary alicyclic amines) is 1. The van der Waals surface area contributed by atoms with Gasteiger partial charge in [-0.3, -0.25) is 9.59 Å². The summed E-state index contributed by atoms with van der Waals surface area (Å²) in [5.41, 5.74) is 5.24. The highest BCUT2D eigenvalue weighted by Crippen LogP contribution is 2.30. The smallest absolute Gasteiger partial charge is 0.255 e. The molecule has 2 atom stereocenters. The van der Waals surface area contributed by atoms with Crippen LogP contribution in [0.3, 0.4) is 0 Å². The van der Waals surface area contributed by atoms with Crippen LogP contribution in [0, 0.1) is 20.8 Å². The average molecular weight is 367 g/mol. The largest absolute Gasteiger partial charge is 0.351 e. The number of benzene rings is 1. The van der Waals surface area contributed by atoms with Gasteiger partial charge in [-0.25, -0.2) is 0 Å². The lowest BCUT2D eigenvalue weighted by atomic mass is 9.93. The van der Waals surface area contributed by atoms with Crippen LogP contribution in [0.5, 0.6) is 0 Å². The molecule has 1 aromatic carbocycles. The molecule has 0 spiro atoms. The molecular formula is C22H29N3O2. The Labute approximate surface area is 161 Å². The lowest BCUT2D eigenvalue weighted by Gasteiger charge is -2.19. The number of carbonyl (C=O) groups is 2. The molecule has 2 amide bonds. The van der Waals surface area contributed by atoms with Crippen LogP contribution >= 0.6 is 0 Å². The first-order chi connectivity index (χ1) is 12.8. The molecule has 27 heavy (non-hydrogen) atoms. The van der Waals surface area contributed by atoms with Crippen LogP contribution in [0.25, 0.3) is 0 Å². The standard InChI is InChI=1S/C22H29N3O2/c1-6-25-15(3)11-19(16(25)4)22(27)24-12-20(21(13-24)23-17(5)26)18-9-7-14(2)8-10-18/h7-11,20-21H,6,12-13H2,1-5H3,(H,23,26)/t20-,21+/m0/s1. The molecule has 3 rings (SSSR count). The minimum absolute atomic E-state index is 0.0489. The van der Waals surface area contributed by atoms with Gasteiger partial charge in [0.2, 0.25) is 5.91 Å². The Bertz CT molecular complexity index is 851. The summed E-state index contributed by atoms with van der Waals surface area (Å²) in [6.45, 7) is 11.7. The van der Waals surface area contributed by atoms with Gasteiger partial charge in [0.1, 0.15) is 0 Å². The van der Waals surface area contributed by atoms with Crippen LogP contribution in [-0.4, -0.2) is 40.4 Å². The topological polar surface area (TPSA) is 54.3 Å². The SMILES string of the molecule is CCn1c(C)cc(C(=O)N2C[C@@H](NC(C)=O)[C@H](c3ccc(C)cc3)C2)c1C. The van der Waals surface area contributed by atoms with Crippen LogP contribution in [-0.2, 0) is 11.3 Å². The van der Waals surface area contributed by atoms with Crippen LogP contribution in [0.2, 0.25) is 0 Å². The molecule has 1 saturated heterocycles. The number of rotatable bonds is 4. The molecule has 5 heteroatoms. The number of amides is 2. The maximum absolute atomic E-state index is 13.2. The first-order valence-electron chi connectivity index (χ1n) is 9.61. The fourth-order valence-electron chi connectivity index (χ4n) is 4.20. The zero-order valence-corrected chi connectivity index (χ0v) is 16.9. The second-order valence-electron chi connectivity index (χ2n) is 7.56. The Morgan fingerprint density at radius 3 is 2.33 bits per heavy atom.